The predicted molar refractivity (Wildman–Crippen MR) is 47.2 cm³/mol. The van der Waals surface area contributed by atoms with Crippen LogP contribution in [0.25, 0.3) is 0 Å². The average molecular weight is 153 g/mol. The maximum absolute atomic E-state index is 10.5. The number of hydrogen-bond donors (Lipinski definition) is 1. The molecule has 0 heterocycles. The number of allylic oxidation sites excluding steroid dienone is 3. The van der Waals surface area contributed by atoms with Crippen molar-refractivity contribution in [3.8, 4) is 0 Å². The molecule has 0 spiro atoms. The fourth-order valence-electron chi connectivity index (χ4n) is 0.599. The fourth-order valence-corrected chi connectivity index (χ4v) is 0.599. The zero-order valence-electron chi connectivity index (χ0n) is 7.29. The van der Waals surface area contributed by atoms with Gasteiger partial charge in [-0.05, 0) is 25.1 Å². The Hall–Kier alpha value is -1.05. The van der Waals surface area contributed by atoms with Crippen LogP contribution in [-0.4, -0.2) is 12.8 Å². The molecule has 0 unspecified atom stereocenters. The van der Waals surface area contributed by atoms with E-state index < -0.39 is 0 Å². The van der Waals surface area contributed by atoms with Crippen molar-refractivity contribution in [3.63, 3.8) is 0 Å². The molecular weight excluding hydrogens is 138 g/mol. The van der Waals surface area contributed by atoms with Gasteiger partial charge in [0.1, 0.15) is 0 Å². The first-order valence-electron chi connectivity index (χ1n) is 3.69. The third-order valence-electron chi connectivity index (χ3n) is 1.20. The van der Waals surface area contributed by atoms with Crippen LogP contribution in [0.1, 0.15) is 13.8 Å². The monoisotopic (exact) mass is 153 g/mol. The molecule has 1 N–H and O–H groups in total. The van der Waals surface area contributed by atoms with Crippen LogP contribution in [0.3, 0.4) is 0 Å². The Morgan fingerprint density at radius 1 is 1.45 bits per heavy atom. The summed E-state index contributed by atoms with van der Waals surface area (Å²) in [5.74, 6) is 0.404. The fraction of sp³-hybridized carbons (Fsp3) is 0.444. The van der Waals surface area contributed by atoms with Crippen molar-refractivity contribution in [2.45, 2.75) is 13.8 Å². The molecule has 0 aromatic heterocycles. The zero-order valence-corrected chi connectivity index (χ0v) is 7.29. The van der Waals surface area contributed by atoms with Crippen molar-refractivity contribution in [1.82, 2.24) is 5.32 Å². The van der Waals surface area contributed by atoms with Crippen LogP contribution in [0.15, 0.2) is 24.4 Å². The summed E-state index contributed by atoms with van der Waals surface area (Å²) in [4.78, 5) is 10.5. The smallest absolute Gasteiger partial charge is 0.152 e. The highest BCUT2D eigenvalue weighted by atomic mass is 16.1. The standard InChI is InChI=1S/C9H15NO/c1-8(6-7-10-3)4-5-9(2)11/h4-8,10H,1-3H3/b5-4+,7-6+/t8-/m1/s1. The van der Waals surface area contributed by atoms with Gasteiger partial charge in [-0.25, -0.2) is 0 Å². The zero-order chi connectivity index (χ0) is 8.69. The van der Waals surface area contributed by atoms with Crippen LogP contribution in [0.5, 0.6) is 0 Å². The molecule has 0 saturated carbocycles. The molecule has 0 aliphatic heterocycles. The highest BCUT2D eigenvalue weighted by molar-refractivity contribution is 5.87. The van der Waals surface area contributed by atoms with E-state index in [2.05, 4.69) is 5.32 Å². The number of carbonyl (C=O) groups is 1. The summed E-state index contributed by atoms with van der Waals surface area (Å²) < 4.78 is 0. The first-order chi connectivity index (χ1) is 5.16. The maximum atomic E-state index is 10.5. The molecule has 0 saturated heterocycles. The lowest BCUT2D eigenvalue weighted by atomic mass is 10.1. The maximum Gasteiger partial charge on any atom is 0.152 e. The van der Waals surface area contributed by atoms with E-state index in [-0.39, 0.29) is 5.78 Å². The van der Waals surface area contributed by atoms with Crippen LogP contribution < -0.4 is 5.32 Å². The highest BCUT2D eigenvalue weighted by Gasteiger charge is 1.88. The van der Waals surface area contributed by atoms with E-state index in [1.165, 1.54) is 0 Å². The molecule has 2 heteroatoms. The lowest BCUT2D eigenvalue weighted by Gasteiger charge is -1.95. The molecule has 0 aromatic carbocycles. The van der Waals surface area contributed by atoms with E-state index in [1.807, 2.05) is 32.3 Å². The van der Waals surface area contributed by atoms with Gasteiger partial charge in [-0.2, -0.15) is 0 Å². The second-order valence-electron chi connectivity index (χ2n) is 2.48. The Kier molecular flexibility index (Phi) is 5.17. The quantitative estimate of drug-likeness (QED) is 0.620. The lowest BCUT2D eigenvalue weighted by Crippen LogP contribution is -1.94. The van der Waals surface area contributed by atoms with Crippen LogP contribution in [0.4, 0.5) is 0 Å². The summed E-state index contributed by atoms with van der Waals surface area (Å²) >= 11 is 0. The summed E-state index contributed by atoms with van der Waals surface area (Å²) in [6, 6.07) is 0. The topological polar surface area (TPSA) is 29.1 Å². The largest absolute Gasteiger partial charge is 0.394 e. The minimum Gasteiger partial charge on any atom is -0.394 e. The molecule has 0 fully saturated rings. The molecule has 0 radical (unpaired) electrons. The summed E-state index contributed by atoms with van der Waals surface area (Å²) in [5, 5.41) is 2.89. The van der Waals surface area contributed by atoms with E-state index in [9.17, 15) is 4.79 Å². The van der Waals surface area contributed by atoms with Gasteiger partial charge in [-0.1, -0.05) is 19.1 Å². The second-order valence-corrected chi connectivity index (χ2v) is 2.48. The number of rotatable bonds is 4. The number of hydrogen-bond acceptors (Lipinski definition) is 2. The summed E-state index contributed by atoms with van der Waals surface area (Å²) in [6.07, 6.45) is 7.30. The molecule has 11 heavy (non-hydrogen) atoms. The first kappa shape index (κ1) is 9.95. The van der Waals surface area contributed by atoms with Crippen LogP contribution in [0, 0.1) is 5.92 Å². The molecule has 2 nitrogen and oxygen atoms in total. The first-order valence-corrected chi connectivity index (χ1v) is 3.69. The van der Waals surface area contributed by atoms with Crippen molar-refractivity contribution in [1.29, 1.82) is 0 Å². The molecule has 0 bridgehead atoms. The number of ketones is 1. The summed E-state index contributed by atoms with van der Waals surface area (Å²) in [6.45, 7) is 3.57. The second kappa shape index (κ2) is 5.71. The van der Waals surface area contributed by atoms with E-state index in [4.69, 9.17) is 0 Å². The van der Waals surface area contributed by atoms with Crippen LogP contribution in [0.2, 0.25) is 0 Å². The van der Waals surface area contributed by atoms with Crippen molar-refractivity contribution in [3.05, 3.63) is 24.4 Å². The van der Waals surface area contributed by atoms with E-state index in [0.29, 0.717) is 5.92 Å². The molecule has 0 aliphatic carbocycles. The van der Waals surface area contributed by atoms with Gasteiger partial charge in [-0.15, -0.1) is 0 Å². The molecular formula is C9H15NO. The van der Waals surface area contributed by atoms with Gasteiger partial charge in [0.15, 0.2) is 5.78 Å². The molecule has 1 atom stereocenters. The molecule has 0 aliphatic rings. The molecule has 0 aromatic rings. The van der Waals surface area contributed by atoms with Gasteiger partial charge in [-0.3, -0.25) is 4.79 Å². The van der Waals surface area contributed by atoms with E-state index >= 15 is 0 Å². The van der Waals surface area contributed by atoms with E-state index in [0.717, 1.165) is 0 Å². The van der Waals surface area contributed by atoms with Gasteiger partial charge >= 0.3 is 0 Å². The third kappa shape index (κ3) is 6.84. The van der Waals surface area contributed by atoms with Crippen molar-refractivity contribution in [2.24, 2.45) is 5.92 Å². The van der Waals surface area contributed by atoms with Gasteiger partial charge < -0.3 is 5.32 Å². The van der Waals surface area contributed by atoms with Crippen molar-refractivity contribution >= 4 is 5.78 Å². The van der Waals surface area contributed by atoms with Crippen molar-refractivity contribution < 1.29 is 4.79 Å². The minimum absolute atomic E-state index is 0.0923. The molecule has 0 rings (SSSR count). The van der Waals surface area contributed by atoms with Gasteiger partial charge in [0.05, 0.1) is 0 Å². The summed E-state index contributed by atoms with van der Waals surface area (Å²) in [7, 11) is 1.85. The Morgan fingerprint density at radius 3 is 2.55 bits per heavy atom. The average Bonchev–Trinajstić information content (AvgIpc) is 1.97. The molecule has 62 valence electrons. The summed E-state index contributed by atoms with van der Waals surface area (Å²) in [5.41, 5.74) is 0. The van der Waals surface area contributed by atoms with Gasteiger partial charge in [0.2, 0.25) is 0 Å². The SMILES string of the molecule is CN/C=C/[C@H](C)/C=C/C(C)=O. The highest BCUT2D eigenvalue weighted by Crippen LogP contribution is 1.97. The predicted octanol–water partition coefficient (Wildman–Crippen LogP) is 1.50. The van der Waals surface area contributed by atoms with Gasteiger partial charge in [0, 0.05) is 7.05 Å². The lowest BCUT2D eigenvalue weighted by molar-refractivity contribution is -0.112. The minimum atomic E-state index is 0.0923. The Labute approximate surface area is 68.0 Å². The third-order valence-corrected chi connectivity index (χ3v) is 1.20. The van der Waals surface area contributed by atoms with E-state index in [1.54, 1.807) is 13.0 Å². The van der Waals surface area contributed by atoms with Gasteiger partial charge in [0.25, 0.3) is 0 Å². The Balaban J connectivity index is 3.76. The number of carbonyl (C=O) groups excluding carboxylic acids is 1. The Bertz CT molecular complexity index is 170. The van der Waals surface area contributed by atoms with Crippen LogP contribution >= 0.6 is 0 Å². The normalized spacial score (nSPS) is 14.1. The van der Waals surface area contributed by atoms with Crippen molar-refractivity contribution in [2.75, 3.05) is 7.05 Å². The number of nitrogens with one attached hydrogen (secondary N) is 1. The van der Waals surface area contributed by atoms with Crippen LogP contribution in [-0.2, 0) is 4.79 Å². The molecule has 0 amide bonds. The Morgan fingerprint density at radius 2 is 2.09 bits per heavy atom.